The first-order chi connectivity index (χ1) is 6.24. The van der Waals surface area contributed by atoms with Crippen LogP contribution in [0.15, 0.2) is 24.4 Å². The lowest BCUT2D eigenvalue weighted by atomic mass is 10.4. The zero-order valence-corrected chi connectivity index (χ0v) is 8.46. The molecule has 1 heterocycles. The molecule has 2 unspecified atom stereocenters. The van der Waals surface area contributed by atoms with Gasteiger partial charge in [0.2, 0.25) is 0 Å². The van der Waals surface area contributed by atoms with Crippen molar-refractivity contribution in [2.24, 2.45) is 5.73 Å². The standard InChI is InChI=1S/C9H14N2OS/c1-8(6-10)13(12)7-9-4-2-3-5-11-9/h2-5,8H,6-7,10H2,1H3. The van der Waals surface area contributed by atoms with Gasteiger partial charge in [-0.1, -0.05) is 6.07 Å². The summed E-state index contributed by atoms with van der Waals surface area (Å²) in [4.78, 5) is 4.10. The van der Waals surface area contributed by atoms with E-state index in [4.69, 9.17) is 5.73 Å². The Morgan fingerprint density at radius 2 is 2.38 bits per heavy atom. The fourth-order valence-corrected chi connectivity index (χ4v) is 1.84. The molecule has 0 saturated carbocycles. The summed E-state index contributed by atoms with van der Waals surface area (Å²) in [5.41, 5.74) is 6.28. The fraction of sp³-hybridized carbons (Fsp3) is 0.444. The third-order valence-corrected chi connectivity index (χ3v) is 3.47. The van der Waals surface area contributed by atoms with Crippen molar-refractivity contribution in [2.75, 3.05) is 6.54 Å². The maximum atomic E-state index is 11.5. The maximum Gasteiger partial charge on any atom is 0.0662 e. The van der Waals surface area contributed by atoms with Crippen molar-refractivity contribution in [3.63, 3.8) is 0 Å². The van der Waals surface area contributed by atoms with Gasteiger partial charge in [0.1, 0.15) is 0 Å². The smallest absolute Gasteiger partial charge is 0.0662 e. The van der Waals surface area contributed by atoms with Gasteiger partial charge in [0.05, 0.1) is 11.4 Å². The summed E-state index contributed by atoms with van der Waals surface area (Å²) in [6.07, 6.45) is 1.71. The average Bonchev–Trinajstić information content (AvgIpc) is 2.18. The van der Waals surface area contributed by atoms with E-state index < -0.39 is 10.8 Å². The highest BCUT2D eigenvalue weighted by molar-refractivity contribution is 7.84. The second-order valence-electron chi connectivity index (χ2n) is 2.89. The van der Waals surface area contributed by atoms with Crippen molar-refractivity contribution in [3.8, 4) is 0 Å². The summed E-state index contributed by atoms with van der Waals surface area (Å²) in [6.45, 7) is 2.35. The van der Waals surface area contributed by atoms with Crippen LogP contribution in [0.4, 0.5) is 0 Å². The molecule has 0 amide bonds. The number of hydrogen-bond acceptors (Lipinski definition) is 3. The van der Waals surface area contributed by atoms with E-state index in [1.54, 1.807) is 6.20 Å². The van der Waals surface area contributed by atoms with Crippen LogP contribution in [0, 0.1) is 0 Å². The van der Waals surface area contributed by atoms with Crippen molar-refractivity contribution in [2.45, 2.75) is 17.9 Å². The molecule has 4 heteroatoms. The number of hydrogen-bond donors (Lipinski definition) is 1. The topological polar surface area (TPSA) is 56.0 Å². The molecule has 72 valence electrons. The van der Waals surface area contributed by atoms with Gasteiger partial charge in [-0.2, -0.15) is 0 Å². The van der Waals surface area contributed by atoms with Gasteiger partial charge in [-0.3, -0.25) is 9.19 Å². The van der Waals surface area contributed by atoms with Crippen LogP contribution in [0.2, 0.25) is 0 Å². The number of rotatable bonds is 4. The molecular formula is C9H14N2OS. The summed E-state index contributed by atoms with van der Waals surface area (Å²) in [5.74, 6) is 0.499. The minimum Gasteiger partial charge on any atom is -0.329 e. The second-order valence-corrected chi connectivity index (χ2v) is 4.75. The molecule has 0 spiro atoms. The van der Waals surface area contributed by atoms with Crippen LogP contribution in [0.5, 0.6) is 0 Å². The van der Waals surface area contributed by atoms with Crippen LogP contribution in [0.3, 0.4) is 0 Å². The molecular weight excluding hydrogens is 184 g/mol. The Kier molecular flexibility index (Phi) is 4.05. The van der Waals surface area contributed by atoms with E-state index in [0.29, 0.717) is 12.3 Å². The number of aromatic nitrogens is 1. The fourth-order valence-electron chi connectivity index (χ4n) is 0.879. The van der Waals surface area contributed by atoms with Crippen LogP contribution in [0.25, 0.3) is 0 Å². The molecule has 1 rings (SSSR count). The normalized spacial score (nSPS) is 15.2. The molecule has 0 radical (unpaired) electrons. The molecule has 0 aliphatic rings. The zero-order valence-electron chi connectivity index (χ0n) is 7.64. The molecule has 0 fully saturated rings. The third kappa shape index (κ3) is 3.24. The molecule has 1 aromatic rings. The first-order valence-corrected chi connectivity index (χ1v) is 5.59. The van der Waals surface area contributed by atoms with Crippen LogP contribution >= 0.6 is 0 Å². The van der Waals surface area contributed by atoms with Crippen molar-refractivity contribution in [1.29, 1.82) is 0 Å². The number of nitrogens with two attached hydrogens (primary N) is 1. The Balaban J connectivity index is 2.55. The van der Waals surface area contributed by atoms with E-state index >= 15 is 0 Å². The predicted octanol–water partition coefficient (Wildman–Crippen LogP) is 0.678. The van der Waals surface area contributed by atoms with Gasteiger partial charge in [0.15, 0.2) is 0 Å². The van der Waals surface area contributed by atoms with Crippen molar-refractivity contribution in [1.82, 2.24) is 4.98 Å². The lowest BCUT2D eigenvalue weighted by Gasteiger charge is -2.07. The lowest BCUT2D eigenvalue weighted by Crippen LogP contribution is -2.22. The summed E-state index contributed by atoms with van der Waals surface area (Å²) >= 11 is 0. The third-order valence-electron chi connectivity index (χ3n) is 1.80. The minimum absolute atomic E-state index is 0.0435. The Bertz CT molecular complexity index is 276. The van der Waals surface area contributed by atoms with Crippen LogP contribution < -0.4 is 5.73 Å². The van der Waals surface area contributed by atoms with Crippen LogP contribution in [0.1, 0.15) is 12.6 Å². The largest absolute Gasteiger partial charge is 0.329 e. The van der Waals surface area contributed by atoms with Crippen molar-refractivity contribution in [3.05, 3.63) is 30.1 Å². The lowest BCUT2D eigenvalue weighted by molar-refractivity contribution is 0.672. The average molecular weight is 198 g/mol. The molecule has 2 atom stereocenters. The van der Waals surface area contributed by atoms with Crippen LogP contribution in [-0.2, 0) is 16.6 Å². The number of nitrogens with zero attached hydrogens (tertiary/aromatic N) is 1. The first kappa shape index (κ1) is 10.3. The minimum atomic E-state index is -0.903. The van der Waals surface area contributed by atoms with E-state index in [1.165, 1.54) is 0 Å². The Hall–Kier alpha value is -0.740. The van der Waals surface area contributed by atoms with Gasteiger partial charge in [0, 0.05) is 28.8 Å². The highest BCUT2D eigenvalue weighted by Crippen LogP contribution is 2.03. The molecule has 3 nitrogen and oxygen atoms in total. The van der Waals surface area contributed by atoms with E-state index in [1.807, 2.05) is 25.1 Å². The second kappa shape index (κ2) is 5.09. The van der Waals surface area contributed by atoms with Gasteiger partial charge in [-0.15, -0.1) is 0 Å². The van der Waals surface area contributed by atoms with Gasteiger partial charge in [-0.25, -0.2) is 0 Å². The first-order valence-electron chi connectivity index (χ1n) is 4.21. The van der Waals surface area contributed by atoms with Gasteiger partial charge < -0.3 is 5.73 Å². The summed E-state index contributed by atoms with van der Waals surface area (Å²) in [7, 11) is -0.903. The maximum absolute atomic E-state index is 11.5. The van der Waals surface area contributed by atoms with E-state index in [-0.39, 0.29) is 5.25 Å². The summed E-state index contributed by atoms with van der Waals surface area (Å²) < 4.78 is 11.5. The monoisotopic (exact) mass is 198 g/mol. The zero-order chi connectivity index (χ0) is 9.68. The molecule has 1 aromatic heterocycles. The molecule has 0 aromatic carbocycles. The molecule has 0 aliphatic carbocycles. The van der Waals surface area contributed by atoms with Crippen LogP contribution in [-0.4, -0.2) is 21.0 Å². The highest BCUT2D eigenvalue weighted by Gasteiger charge is 2.09. The molecule has 13 heavy (non-hydrogen) atoms. The van der Waals surface area contributed by atoms with Crippen molar-refractivity contribution >= 4 is 10.8 Å². The highest BCUT2D eigenvalue weighted by atomic mass is 32.2. The number of pyridine rings is 1. The molecule has 0 aliphatic heterocycles. The predicted molar refractivity (Wildman–Crippen MR) is 54.6 cm³/mol. The summed E-state index contributed by atoms with van der Waals surface area (Å²) in [6, 6.07) is 5.62. The SMILES string of the molecule is CC(CN)S(=O)Cc1ccccn1. The summed E-state index contributed by atoms with van der Waals surface area (Å²) in [5, 5.41) is 0.0435. The van der Waals surface area contributed by atoms with Gasteiger partial charge in [0.25, 0.3) is 0 Å². The van der Waals surface area contributed by atoms with E-state index in [2.05, 4.69) is 4.98 Å². The molecule has 2 N–H and O–H groups in total. The van der Waals surface area contributed by atoms with E-state index in [0.717, 1.165) is 5.69 Å². The van der Waals surface area contributed by atoms with Gasteiger partial charge >= 0.3 is 0 Å². The Morgan fingerprint density at radius 3 is 2.92 bits per heavy atom. The molecule has 0 bridgehead atoms. The Morgan fingerprint density at radius 1 is 1.62 bits per heavy atom. The Labute approximate surface area is 80.8 Å². The van der Waals surface area contributed by atoms with Gasteiger partial charge in [-0.05, 0) is 19.1 Å². The van der Waals surface area contributed by atoms with E-state index in [9.17, 15) is 4.21 Å². The molecule has 0 saturated heterocycles. The van der Waals surface area contributed by atoms with Crippen molar-refractivity contribution < 1.29 is 4.21 Å². The quantitative estimate of drug-likeness (QED) is 0.774.